The first-order valence-corrected chi connectivity index (χ1v) is 8.02. The minimum atomic E-state index is -0.702. The predicted octanol–water partition coefficient (Wildman–Crippen LogP) is 3.07. The van der Waals surface area contributed by atoms with E-state index in [-0.39, 0.29) is 17.3 Å². The highest BCUT2D eigenvalue weighted by molar-refractivity contribution is 5.95. The van der Waals surface area contributed by atoms with Gasteiger partial charge in [0.1, 0.15) is 5.56 Å². The number of rotatable bonds is 5. The number of nitro groups is 1. The number of hydrogen-bond acceptors (Lipinski definition) is 6. The molecule has 3 rings (SSSR count). The first-order chi connectivity index (χ1) is 12.1. The Balaban J connectivity index is 1.76. The summed E-state index contributed by atoms with van der Waals surface area (Å²) in [6, 6.07) is 14.8. The maximum atomic E-state index is 11.9. The molecule has 0 radical (unpaired) electrons. The standard InChI is InChI=1S/C18H19N3O4/c1-25-18(22)16-11-15(7-8-17(16)21(23)24)20-10-9-14(12-20)19-13-5-3-2-4-6-13/h2-8,11,14,19H,9-10,12H2,1H3. The van der Waals surface area contributed by atoms with Crippen LogP contribution in [-0.4, -0.2) is 37.1 Å². The number of nitrogens with one attached hydrogen (secondary N) is 1. The van der Waals surface area contributed by atoms with Gasteiger partial charge < -0.3 is 15.0 Å². The quantitative estimate of drug-likeness (QED) is 0.511. The Morgan fingerprint density at radius 1 is 1.28 bits per heavy atom. The van der Waals surface area contributed by atoms with Crippen molar-refractivity contribution in [3.63, 3.8) is 0 Å². The van der Waals surface area contributed by atoms with Gasteiger partial charge in [-0.2, -0.15) is 0 Å². The molecule has 1 aliphatic heterocycles. The van der Waals surface area contributed by atoms with Gasteiger partial charge in [-0.25, -0.2) is 4.79 Å². The number of methoxy groups -OCH3 is 1. The molecule has 2 aromatic carbocycles. The molecular weight excluding hydrogens is 322 g/mol. The van der Waals surface area contributed by atoms with E-state index < -0.39 is 10.9 Å². The first kappa shape index (κ1) is 16.8. The van der Waals surface area contributed by atoms with E-state index in [0.29, 0.717) is 0 Å². The van der Waals surface area contributed by atoms with Crippen molar-refractivity contribution in [3.05, 3.63) is 64.2 Å². The molecule has 0 bridgehead atoms. The summed E-state index contributed by atoms with van der Waals surface area (Å²) in [5, 5.41) is 14.6. The minimum Gasteiger partial charge on any atom is -0.465 e. The Morgan fingerprint density at radius 2 is 2.04 bits per heavy atom. The fourth-order valence-corrected chi connectivity index (χ4v) is 3.04. The van der Waals surface area contributed by atoms with Gasteiger partial charge in [0.05, 0.1) is 12.0 Å². The van der Waals surface area contributed by atoms with Crippen molar-refractivity contribution in [1.82, 2.24) is 0 Å². The number of nitro benzene ring substituents is 1. The summed E-state index contributed by atoms with van der Waals surface area (Å²) < 4.78 is 4.67. The monoisotopic (exact) mass is 341 g/mol. The lowest BCUT2D eigenvalue weighted by Crippen LogP contribution is -2.26. The smallest absolute Gasteiger partial charge is 0.344 e. The average Bonchev–Trinajstić information content (AvgIpc) is 3.09. The lowest BCUT2D eigenvalue weighted by molar-refractivity contribution is -0.385. The van der Waals surface area contributed by atoms with Gasteiger partial charge in [0, 0.05) is 36.6 Å². The van der Waals surface area contributed by atoms with Crippen molar-refractivity contribution < 1.29 is 14.5 Å². The molecule has 130 valence electrons. The largest absolute Gasteiger partial charge is 0.465 e. The van der Waals surface area contributed by atoms with E-state index >= 15 is 0 Å². The van der Waals surface area contributed by atoms with Crippen LogP contribution in [0.3, 0.4) is 0 Å². The fraction of sp³-hybridized carbons (Fsp3) is 0.278. The molecular formula is C18H19N3O4. The van der Waals surface area contributed by atoms with Gasteiger partial charge in [-0.1, -0.05) is 18.2 Å². The van der Waals surface area contributed by atoms with E-state index in [1.54, 1.807) is 6.07 Å². The maximum Gasteiger partial charge on any atom is 0.344 e. The molecule has 1 atom stereocenters. The first-order valence-electron chi connectivity index (χ1n) is 8.02. The number of carbonyl (C=O) groups excluding carboxylic acids is 1. The lowest BCUT2D eigenvalue weighted by atomic mass is 10.1. The van der Waals surface area contributed by atoms with Crippen molar-refractivity contribution in [2.24, 2.45) is 0 Å². The number of benzene rings is 2. The summed E-state index contributed by atoms with van der Waals surface area (Å²) >= 11 is 0. The molecule has 25 heavy (non-hydrogen) atoms. The topological polar surface area (TPSA) is 84.7 Å². The van der Waals surface area contributed by atoms with E-state index in [1.807, 2.05) is 30.3 Å². The van der Waals surface area contributed by atoms with Crippen molar-refractivity contribution >= 4 is 23.0 Å². The summed E-state index contributed by atoms with van der Waals surface area (Å²) in [7, 11) is 1.22. The molecule has 7 heteroatoms. The second-order valence-corrected chi connectivity index (χ2v) is 5.89. The van der Waals surface area contributed by atoms with Crippen LogP contribution in [0.15, 0.2) is 48.5 Å². The van der Waals surface area contributed by atoms with E-state index in [9.17, 15) is 14.9 Å². The molecule has 7 nitrogen and oxygen atoms in total. The van der Waals surface area contributed by atoms with Crippen LogP contribution in [0.5, 0.6) is 0 Å². The number of carbonyl (C=O) groups is 1. The molecule has 1 heterocycles. The molecule has 0 saturated carbocycles. The Kier molecular flexibility index (Phi) is 4.83. The second-order valence-electron chi connectivity index (χ2n) is 5.89. The number of para-hydroxylation sites is 1. The Labute approximate surface area is 145 Å². The number of nitrogens with zero attached hydrogens (tertiary/aromatic N) is 2. The third-order valence-corrected chi connectivity index (χ3v) is 4.28. The van der Waals surface area contributed by atoms with Crippen molar-refractivity contribution in [1.29, 1.82) is 0 Å². The van der Waals surface area contributed by atoms with Crippen LogP contribution in [0.2, 0.25) is 0 Å². The molecule has 1 saturated heterocycles. The fourth-order valence-electron chi connectivity index (χ4n) is 3.04. The van der Waals surface area contributed by atoms with E-state index in [4.69, 9.17) is 0 Å². The molecule has 0 aromatic heterocycles. The molecule has 0 amide bonds. The van der Waals surface area contributed by atoms with Gasteiger partial charge in [-0.15, -0.1) is 0 Å². The van der Waals surface area contributed by atoms with Crippen LogP contribution in [-0.2, 0) is 4.74 Å². The minimum absolute atomic E-state index is 0.0236. The molecule has 2 aromatic rings. The van der Waals surface area contributed by atoms with Crippen molar-refractivity contribution in [2.45, 2.75) is 12.5 Å². The zero-order chi connectivity index (χ0) is 17.8. The molecule has 1 aliphatic rings. The summed E-state index contributed by atoms with van der Waals surface area (Å²) in [6.45, 7) is 1.57. The summed E-state index contributed by atoms with van der Waals surface area (Å²) in [6.07, 6.45) is 0.944. The second kappa shape index (κ2) is 7.21. The summed E-state index contributed by atoms with van der Waals surface area (Å²) in [4.78, 5) is 24.5. The number of esters is 1. The number of ether oxygens (including phenoxy) is 1. The Morgan fingerprint density at radius 3 is 2.72 bits per heavy atom. The Bertz CT molecular complexity index is 779. The molecule has 1 fully saturated rings. The van der Waals surface area contributed by atoms with Crippen LogP contribution < -0.4 is 10.2 Å². The molecule has 1 unspecified atom stereocenters. The van der Waals surface area contributed by atoms with Crippen LogP contribution in [0.4, 0.5) is 17.1 Å². The highest BCUT2D eigenvalue weighted by atomic mass is 16.6. The van der Waals surface area contributed by atoms with Gasteiger partial charge >= 0.3 is 5.97 Å². The SMILES string of the molecule is COC(=O)c1cc(N2CCC(Nc3ccccc3)C2)ccc1[N+](=O)[O-]. The van der Waals surface area contributed by atoms with Crippen molar-refractivity contribution in [2.75, 3.05) is 30.4 Å². The summed E-state index contributed by atoms with van der Waals surface area (Å²) in [5.41, 5.74) is 1.58. The van der Waals surface area contributed by atoms with Crippen molar-refractivity contribution in [3.8, 4) is 0 Å². The maximum absolute atomic E-state index is 11.9. The normalized spacial score (nSPS) is 16.5. The van der Waals surface area contributed by atoms with E-state index in [1.165, 1.54) is 19.2 Å². The van der Waals surface area contributed by atoms with E-state index in [2.05, 4.69) is 15.0 Å². The van der Waals surface area contributed by atoms with Crippen LogP contribution >= 0.6 is 0 Å². The summed E-state index contributed by atoms with van der Waals surface area (Å²) in [5.74, 6) is -0.702. The third kappa shape index (κ3) is 3.71. The zero-order valence-corrected chi connectivity index (χ0v) is 13.8. The number of anilines is 2. The zero-order valence-electron chi connectivity index (χ0n) is 13.8. The molecule has 0 spiro atoms. The number of hydrogen-bond donors (Lipinski definition) is 1. The predicted molar refractivity (Wildman–Crippen MR) is 95.1 cm³/mol. The highest BCUT2D eigenvalue weighted by Crippen LogP contribution is 2.28. The van der Waals surface area contributed by atoms with Gasteiger partial charge in [0.25, 0.3) is 5.69 Å². The van der Waals surface area contributed by atoms with Gasteiger partial charge in [0.15, 0.2) is 0 Å². The Hall–Kier alpha value is -3.09. The average molecular weight is 341 g/mol. The van der Waals surface area contributed by atoms with Gasteiger partial charge in [-0.3, -0.25) is 10.1 Å². The molecule has 0 aliphatic carbocycles. The highest BCUT2D eigenvalue weighted by Gasteiger charge is 2.26. The van der Waals surface area contributed by atoms with Gasteiger partial charge in [0.2, 0.25) is 0 Å². The molecule has 1 N–H and O–H groups in total. The van der Waals surface area contributed by atoms with Crippen LogP contribution in [0, 0.1) is 10.1 Å². The van der Waals surface area contributed by atoms with Crippen LogP contribution in [0.1, 0.15) is 16.8 Å². The van der Waals surface area contributed by atoms with E-state index in [0.717, 1.165) is 30.9 Å². The van der Waals surface area contributed by atoms with Gasteiger partial charge in [-0.05, 0) is 30.7 Å². The lowest BCUT2D eigenvalue weighted by Gasteiger charge is -2.20. The third-order valence-electron chi connectivity index (χ3n) is 4.28. The van der Waals surface area contributed by atoms with Crippen LogP contribution in [0.25, 0.3) is 0 Å².